The van der Waals surface area contributed by atoms with E-state index in [-0.39, 0.29) is 11.7 Å². The molecule has 38 heavy (non-hydrogen) atoms. The van der Waals surface area contributed by atoms with Crippen LogP contribution < -0.4 is 9.62 Å². The second-order valence-electron chi connectivity index (χ2n) is 9.32. The van der Waals surface area contributed by atoms with E-state index in [9.17, 15) is 13.2 Å². The molecule has 1 N–H and O–H groups in total. The first-order valence-corrected chi connectivity index (χ1v) is 14.5. The lowest BCUT2D eigenvalue weighted by atomic mass is 9.90. The summed E-state index contributed by atoms with van der Waals surface area (Å²) >= 11 is 0. The van der Waals surface area contributed by atoms with Crippen LogP contribution in [-0.2, 0) is 19.6 Å². The van der Waals surface area contributed by atoms with Crippen LogP contribution in [0.5, 0.6) is 0 Å². The van der Waals surface area contributed by atoms with Crippen LogP contribution in [0.1, 0.15) is 24.0 Å². The summed E-state index contributed by atoms with van der Waals surface area (Å²) in [4.78, 5) is 20.2. The highest BCUT2D eigenvalue weighted by atomic mass is 32.2. The molecule has 1 saturated heterocycles. The number of hydrogen-bond acceptors (Lipinski definition) is 6. The molecule has 2 aliphatic heterocycles. The number of carbonyl (C=O) groups is 1. The largest absolute Gasteiger partial charge is 0.379 e. The second kappa shape index (κ2) is 11.5. The number of sulfonamides is 1. The van der Waals surface area contributed by atoms with Crippen molar-refractivity contribution in [2.24, 2.45) is 4.99 Å². The molecule has 0 radical (unpaired) electrons. The highest BCUT2D eigenvalue weighted by Crippen LogP contribution is 2.36. The Morgan fingerprint density at radius 2 is 1.68 bits per heavy atom. The van der Waals surface area contributed by atoms with Crippen molar-refractivity contribution in [2.45, 2.75) is 12.8 Å². The molecule has 2 heterocycles. The molecule has 1 atom stereocenters. The Kier molecular flexibility index (Phi) is 7.87. The number of ether oxygens (including phenoxy) is 1. The summed E-state index contributed by atoms with van der Waals surface area (Å²) < 4.78 is 32.8. The number of morpholine rings is 1. The third kappa shape index (κ3) is 5.65. The minimum atomic E-state index is -3.46. The topological polar surface area (TPSA) is 91.3 Å². The van der Waals surface area contributed by atoms with Gasteiger partial charge in [-0.1, -0.05) is 48.5 Å². The number of amides is 1. The summed E-state index contributed by atoms with van der Waals surface area (Å²) in [6, 6.07) is 24.5. The van der Waals surface area contributed by atoms with E-state index >= 15 is 0 Å². The van der Waals surface area contributed by atoms with Gasteiger partial charge in [-0.25, -0.2) is 8.42 Å². The number of carbonyl (C=O) groups excluding carboxylic acids is 1. The average molecular weight is 533 g/mol. The fourth-order valence-corrected chi connectivity index (χ4v) is 5.97. The molecule has 0 aromatic heterocycles. The maximum atomic E-state index is 13.0. The Labute approximate surface area is 224 Å². The van der Waals surface area contributed by atoms with Gasteiger partial charge in [-0.15, -0.1) is 0 Å². The van der Waals surface area contributed by atoms with Crippen LogP contribution in [0.15, 0.2) is 83.9 Å². The fraction of sp³-hybridized carbons (Fsp3) is 0.310. The first kappa shape index (κ1) is 26.1. The maximum absolute atomic E-state index is 13.0. The number of nitrogens with one attached hydrogen (secondary N) is 1. The van der Waals surface area contributed by atoms with E-state index in [0.29, 0.717) is 43.4 Å². The molecule has 3 aromatic carbocycles. The molecule has 2 aliphatic rings. The molecule has 1 unspecified atom stereocenters. The van der Waals surface area contributed by atoms with Crippen LogP contribution >= 0.6 is 0 Å². The molecule has 198 valence electrons. The van der Waals surface area contributed by atoms with Crippen LogP contribution in [0, 0.1) is 0 Å². The Bertz CT molecular complexity index is 1400. The van der Waals surface area contributed by atoms with Crippen LogP contribution in [0.2, 0.25) is 0 Å². The molecule has 9 heteroatoms. The number of fused-ring (bicyclic) bond motifs is 1. The smallest absolute Gasteiger partial charge is 0.238 e. The van der Waals surface area contributed by atoms with Crippen LogP contribution in [0.25, 0.3) is 0 Å². The highest BCUT2D eigenvalue weighted by molar-refractivity contribution is 7.92. The Hall–Kier alpha value is -3.53. The summed E-state index contributed by atoms with van der Waals surface area (Å²) in [6.07, 6.45) is 0. The Morgan fingerprint density at radius 1 is 1.00 bits per heavy atom. The van der Waals surface area contributed by atoms with Gasteiger partial charge in [0.25, 0.3) is 0 Å². The normalized spacial score (nSPS) is 18.2. The van der Waals surface area contributed by atoms with Crippen molar-refractivity contribution in [3.8, 4) is 0 Å². The van der Waals surface area contributed by atoms with Gasteiger partial charge in [-0.3, -0.25) is 19.0 Å². The first-order chi connectivity index (χ1) is 18.5. The average Bonchev–Trinajstić information content (AvgIpc) is 3.29. The minimum Gasteiger partial charge on any atom is -0.379 e. The number of nitrogens with zero attached hydrogens (tertiary/aromatic N) is 3. The minimum absolute atomic E-state index is 0.0182. The molecule has 5 rings (SSSR count). The van der Waals surface area contributed by atoms with Gasteiger partial charge in [-0.05, 0) is 48.4 Å². The Balaban J connectivity index is 1.46. The molecule has 1 fully saturated rings. The van der Waals surface area contributed by atoms with Gasteiger partial charge >= 0.3 is 0 Å². The molecule has 1 amide bonds. The number of hydrogen-bond donors (Lipinski definition) is 1. The quantitative estimate of drug-likeness (QED) is 0.420. The van der Waals surface area contributed by atoms with Gasteiger partial charge in [0.15, 0.2) is 0 Å². The van der Waals surface area contributed by atoms with E-state index in [0.717, 1.165) is 29.9 Å². The molecule has 0 spiro atoms. The second-order valence-corrected chi connectivity index (χ2v) is 11.5. The summed E-state index contributed by atoms with van der Waals surface area (Å²) in [5, 5.41) is 2.97. The van der Waals surface area contributed by atoms with Crippen LogP contribution in [-0.4, -0.2) is 70.1 Å². The standard InChI is InChI=1S/C29H32N4O4S/c1-2-38(35,36)33(17-16-32-18-20-37-21-19-32)24-14-12-23(13-15-24)30-28(22-8-4-3-5-9-22)27-25-10-6-7-11-26(25)31-29(27)34/h3-15,27H,2,16-21H2,1H3,(H,31,34). The molecule has 0 aliphatic carbocycles. The zero-order valence-electron chi connectivity index (χ0n) is 21.4. The van der Waals surface area contributed by atoms with Gasteiger partial charge in [0.05, 0.1) is 36.1 Å². The van der Waals surface area contributed by atoms with Crippen molar-refractivity contribution in [2.75, 3.05) is 54.8 Å². The van der Waals surface area contributed by atoms with Crippen molar-refractivity contribution < 1.29 is 17.9 Å². The molecule has 8 nitrogen and oxygen atoms in total. The number of rotatable bonds is 9. The van der Waals surface area contributed by atoms with Gasteiger partial charge in [0, 0.05) is 31.9 Å². The van der Waals surface area contributed by atoms with E-state index < -0.39 is 15.9 Å². The van der Waals surface area contributed by atoms with E-state index in [1.807, 2.05) is 66.7 Å². The third-order valence-electron chi connectivity index (χ3n) is 6.95. The number of aliphatic imine (C=N–C) groups is 1. The van der Waals surface area contributed by atoms with Gasteiger partial charge in [0.2, 0.25) is 15.9 Å². The van der Waals surface area contributed by atoms with E-state index in [1.54, 1.807) is 19.1 Å². The van der Waals surface area contributed by atoms with E-state index in [4.69, 9.17) is 9.73 Å². The third-order valence-corrected chi connectivity index (χ3v) is 8.74. The molecule has 0 bridgehead atoms. The number of benzene rings is 3. The van der Waals surface area contributed by atoms with E-state index in [1.165, 1.54) is 4.31 Å². The van der Waals surface area contributed by atoms with Crippen molar-refractivity contribution in [1.29, 1.82) is 0 Å². The lowest BCUT2D eigenvalue weighted by Gasteiger charge is -2.30. The van der Waals surface area contributed by atoms with Crippen LogP contribution in [0.4, 0.5) is 17.1 Å². The zero-order valence-corrected chi connectivity index (χ0v) is 22.2. The molecular weight excluding hydrogens is 500 g/mol. The maximum Gasteiger partial charge on any atom is 0.238 e. The summed E-state index contributed by atoms with van der Waals surface area (Å²) in [7, 11) is -3.46. The number of para-hydroxylation sites is 1. The molecule has 3 aromatic rings. The highest BCUT2D eigenvalue weighted by Gasteiger charge is 2.35. The molecule has 0 saturated carbocycles. The predicted molar refractivity (Wildman–Crippen MR) is 151 cm³/mol. The molecular formula is C29H32N4O4S. The van der Waals surface area contributed by atoms with Gasteiger partial charge < -0.3 is 10.1 Å². The van der Waals surface area contributed by atoms with Crippen molar-refractivity contribution >= 4 is 38.7 Å². The lowest BCUT2D eigenvalue weighted by Crippen LogP contribution is -2.43. The number of anilines is 2. The lowest BCUT2D eigenvalue weighted by molar-refractivity contribution is -0.115. The van der Waals surface area contributed by atoms with Gasteiger partial charge in [-0.2, -0.15) is 0 Å². The SMILES string of the molecule is CCS(=O)(=O)N(CCN1CCOCC1)c1ccc(N=C(c2ccccc2)C2C(=O)Nc3ccccc32)cc1. The summed E-state index contributed by atoms with van der Waals surface area (Å²) in [6.45, 7) is 5.60. The Morgan fingerprint density at radius 3 is 2.39 bits per heavy atom. The summed E-state index contributed by atoms with van der Waals surface area (Å²) in [5.74, 6) is -0.641. The monoisotopic (exact) mass is 532 g/mol. The van der Waals surface area contributed by atoms with Gasteiger partial charge in [0.1, 0.15) is 5.92 Å². The summed E-state index contributed by atoms with van der Waals surface area (Å²) in [5.41, 5.74) is 4.43. The van der Waals surface area contributed by atoms with Crippen molar-refractivity contribution in [3.05, 3.63) is 90.0 Å². The predicted octanol–water partition coefficient (Wildman–Crippen LogP) is 4.03. The van der Waals surface area contributed by atoms with Crippen molar-refractivity contribution in [3.63, 3.8) is 0 Å². The fourth-order valence-electron chi connectivity index (χ4n) is 4.86. The van der Waals surface area contributed by atoms with E-state index in [2.05, 4.69) is 10.2 Å². The van der Waals surface area contributed by atoms with Crippen LogP contribution in [0.3, 0.4) is 0 Å². The van der Waals surface area contributed by atoms with Crippen molar-refractivity contribution in [1.82, 2.24) is 4.90 Å². The first-order valence-electron chi connectivity index (χ1n) is 12.9. The zero-order chi connectivity index (χ0) is 26.5.